The van der Waals surface area contributed by atoms with Crippen molar-refractivity contribution in [3.05, 3.63) is 0 Å². The molecule has 0 heterocycles. The second-order valence-electron chi connectivity index (χ2n) is 5.07. The maximum Gasteiger partial charge on any atom is 0.239 e. The van der Waals surface area contributed by atoms with Crippen molar-refractivity contribution in [1.29, 1.82) is 5.26 Å². The van der Waals surface area contributed by atoms with Gasteiger partial charge in [-0.25, -0.2) is 0 Å². The van der Waals surface area contributed by atoms with Crippen LogP contribution in [0.15, 0.2) is 0 Å². The lowest BCUT2D eigenvalue weighted by Gasteiger charge is -2.27. The third-order valence-corrected chi connectivity index (χ3v) is 2.58. The first-order valence-corrected chi connectivity index (χ1v) is 6.25. The molecule has 0 aliphatic heterocycles. The normalized spacial score (nSPS) is 12.6. The second-order valence-corrected chi connectivity index (χ2v) is 5.07. The van der Waals surface area contributed by atoms with E-state index in [4.69, 9.17) is 5.26 Å². The van der Waals surface area contributed by atoms with Crippen molar-refractivity contribution >= 4 is 5.91 Å². The third-order valence-electron chi connectivity index (χ3n) is 2.58. The van der Waals surface area contributed by atoms with Crippen molar-refractivity contribution < 1.29 is 4.79 Å². The summed E-state index contributed by atoms with van der Waals surface area (Å²) in [4.78, 5) is 16.0. The van der Waals surface area contributed by atoms with E-state index in [1.807, 2.05) is 30.8 Å². The molecule has 0 saturated carbocycles. The molecule has 17 heavy (non-hydrogen) atoms. The van der Waals surface area contributed by atoms with Gasteiger partial charge in [-0.1, -0.05) is 20.8 Å². The lowest BCUT2D eigenvalue weighted by Crippen LogP contribution is -2.41. The smallest absolute Gasteiger partial charge is 0.239 e. The molecule has 4 nitrogen and oxygen atoms in total. The van der Waals surface area contributed by atoms with E-state index in [2.05, 4.69) is 19.9 Å². The van der Waals surface area contributed by atoms with Crippen LogP contribution < -0.4 is 0 Å². The molecule has 0 rings (SSSR count). The van der Waals surface area contributed by atoms with Gasteiger partial charge in [0, 0.05) is 19.6 Å². The predicted octanol–water partition coefficient (Wildman–Crippen LogP) is 1.58. The van der Waals surface area contributed by atoms with Gasteiger partial charge < -0.3 is 9.80 Å². The van der Waals surface area contributed by atoms with Gasteiger partial charge in [-0.3, -0.25) is 4.79 Å². The van der Waals surface area contributed by atoms with E-state index in [1.54, 1.807) is 0 Å². The highest BCUT2D eigenvalue weighted by atomic mass is 16.2. The van der Waals surface area contributed by atoms with Crippen LogP contribution in [0, 0.1) is 23.2 Å². The minimum atomic E-state index is -0.490. The van der Waals surface area contributed by atoms with Crippen molar-refractivity contribution in [2.75, 3.05) is 33.7 Å². The summed E-state index contributed by atoms with van der Waals surface area (Å²) in [6, 6.07) is 2.09. The van der Waals surface area contributed by atoms with Gasteiger partial charge in [-0.2, -0.15) is 5.26 Å². The molecular weight excluding hydrogens is 214 g/mol. The van der Waals surface area contributed by atoms with E-state index in [1.165, 1.54) is 0 Å². The van der Waals surface area contributed by atoms with Crippen LogP contribution in [0.3, 0.4) is 0 Å². The highest BCUT2D eigenvalue weighted by Gasteiger charge is 2.22. The minimum Gasteiger partial charge on any atom is -0.340 e. The van der Waals surface area contributed by atoms with Crippen molar-refractivity contribution in [2.24, 2.45) is 11.8 Å². The molecule has 0 N–H and O–H groups in total. The summed E-state index contributed by atoms with van der Waals surface area (Å²) in [5.41, 5.74) is 0. The Morgan fingerprint density at radius 2 is 1.88 bits per heavy atom. The number of hydrogen-bond donors (Lipinski definition) is 0. The number of carbonyl (C=O) groups is 1. The molecule has 0 bridgehead atoms. The topological polar surface area (TPSA) is 47.3 Å². The van der Waals surface area contributed by atoms with Crippen LogP contribution >= 0.6 is 0 Å². The van der Waals surface area contributed by atoms with Crippen LogP contribution in [-0.4, -0.2) is 49.4 Å². The first kappa shape index (κ1) is 15.9. The number of amides is 1. The summed E-state index contributed by atoms with van der Waals surface area (Å²) in [7, 11) is 3.97. The fraction of sp³-hybridized carbons (Fsp3) is 0.846. The van der Waals surface area contributed by atoms with Crippen LogP contribution in [-0.2, 0) is 4.79 Å². The van der Waals surface area contributed by atoms with Gasteiger partial charge in [-0.05, 0) is 26.4 Å². The van der Waals surface area contributed by atoms with Gasteiger partial charge in [0.15, 0.2) is 0 Å². The Morgan fingerprint density at radius 1 is 1.29 bits per heavy atom. The monoisotopic (exact) mass is 239 g/mol. The zero-order valence-corrected chi connectivity index (χ0v) is 11.7. The molecule has 1 unspecified atom stereocenters. The van der Waals surface area contributed by atoms with Crippen LogP contribution in [0.1, 0.15) is 27.2 Å². The number of likely N-dealkylation sites (N-methyl/N-ethyl adjacent to an activating group) is 1. The lowest BCUT2D eigenvalue weighted by molar-refractivity contribution is -0.134. The van der Waals surface area contributed by atoms with Crippen LogP contribution in [0.4, 0.5) is 0 Å². The Kier molecular flexibility index (Phi) is 7.56. The summed E-state index contributed by atoms with van der Waals surface area (Å²) in [6.45, 7) is 8.31. The van der Waals surface area contributed by atoms with Gasteiger partial charge in [0.2, 0.25) is 5.91 Å². The Bertz CT molecular complexity index is 268. The molecule has 0 spiro atoms. The molecule has 1 atom stereocenters. The van der Waals surface area contributed by atoms with Crippen LogP contribution in [0.2, 0.25) is 0 Å². The maximum atomic E-state index is 12.1. The average Bonchev–Trinajstić information content (AvgIpc) is 2.25. The summed E-state index contributed by atoms with van der Waals surface area (Å²) in [5, 5.41) is 8.95. The standard InChI is InChI=1S/C13H25N3O/c1-6-12(9-14)13(17)16(10-11(2)3)8-7-15(4)5/h11-12H,6-8,10H2,1-5H3. The SMILES string of the molecule is CCC(C#N)C(=O)N(CCN(C)C)CC(C)C. The second kappa shape index (κ2) is 8.08. The molecule has 0 fully saturated rings. The summed E-state index contributed by atoms with van der Waals surface area (Å²) < 4.78 is 0. The van der Waals surface area contributed by atoms with Gasteiger partial charge in [-0.15, -0.1) is 0 Å². The Labute approximate surface area is 105 Å². The Balaban J connectivity index is 4.55. The number of nitriles is 1. The van der Waals surface area contributed by atoms with Gasteiger partial charge >= 0.3 is 0 Å². The first-order valence-electron chi connectivity index (χ1n) is 6.25. The van der Waals surface area contributed by atoms with E-state index < -0.39 is 5.92 Å². The average molecular weight is 239 g/mol. The molecule has 0 aromatic rings. The highest BCUT2D eigenvalue weighted by molar-refractivity contribution is 5.81. The number of rotatable bonds is 7. The Morgan fingerprint density at radius 3 is 2.24 bits per heavy atom. The minimum absolute atomic E-state index is 0.0226. The fourth-order valence-corrected chi connectivity index (χ4v) is 1.59. The van der Waals surface area contributed by atoms with Crippen molar-refractivity contribution in [1.82, 2.24) is 9.80 Å². The number of carbonyl (C=O) groups excluding carboxylic acids is 1. The summed E-state index contributed by atoms with van der Waals surface area (Å²) in [5.74, 6) is -0.0845. The molecule has 0 aliphatic rings. The van der Waals surface area contributed by atoms with Gasteiger partial charge in [0.05, 0.1) is 6.07 Å². The van der Waals surface area contributed by atoms with E-state index in [9.17, 15) is 4.79 Å². The molecule has 0 radical (unpaired) electrons. The summed E-state index contributed by atoms with van der Waals surface area (Å²) >= 11 is 0. The highest BCUT2D eigenvalue weighted by Crippen LogP contribution is 2.09. The van der Waals surface area contributed by atoms with Crippen molar-refractivity contribution in [2.45, 2.75) is 27.2 Å². The molecule has 1 amide bonds. The van der Waals surface area contributed by atoms with Gasteiger partial charge in [0.1, 0.15) is 5.92 Å². The molecule has 98 valence electrons. The van der Waals surface area contributed by atoms with E-state index in [0.29, 0.717) is 18.9 Å². The van der Waals surface area contributed by atoms with Crippen molar-refractivity contribution in [3.8, 4) is 6.07 Å². The van der Waals surface area contributed by atoms with Crippen LogP contribution in [0.5, 0.6) is 0 Å². The Hall–Kier alpha value is -1.08. The zero-order chi connectivity index (χ0) is 13.4. The van der Waals surface area contributed by atoms with E-state index >= 15 is 0 Å². The quantitative estimate of drug-likeness (QED) is 0.677. The van der Waals surface area contributed by atoms with Crippen LogP contribution in [0.25, 0.3) is 0 Å². The first-order chi connectivity index (χ1) is 7.92. The van der Waals surface area contributed by atoms with Crippen molar-refractivity contribution in [3.63, 3.8) is 0 Å². The largest absolute Gasteiger partial charge is 0.340 e. The lowest BCUT2D eigenvalue weighted by atomic mass is 10.1. The predicted molar refractivity (Wildman–Crippen MR) is 69.4 cm³/mol. The molecule has 4 heteroatoms. The van der Waals surface area contributed by atoms with E-state index in [0.717, 1.165) is 13.1 Å². The summed E-state index contributed by atoms with van der Waals surface area (Å²) in [6.07, 6.45) is 0.589. The molecule has 0 aromatic heterocycles. The molecule has 0 aliphatic carbocycles. The number of hydrogen-bond acceptors (Lipinski definition) is 3. The molecule has 0 aromatic carbocycles. The fourth-order valence-electron chi connectivity index (χ4n) is 1.59. The molecule has 0 saturated heterocycles. The number of nitrogens with zero attached hydrogens (tertiary/aromatic N) is 3. The van der Waals surface area contributed by atoms with Gasteiger partial charge in [0.25, 0.3) is 0 Å². The maximum absolute atomic E-state index is 12.1. The van der Waals surface area contributed by atoms with E-state index in [-0.39, 0.29) is 5.91 Å². The third kappa shape index (κ3) is 6.28. The molecular formula is C13H25N3O. The zero-order valence-electron chi connectivity index (χ0n) is 11.7.